The second-order valence-corrected chi connectivity index (χ2v) is 4.74. The quantitative estimate of drug-likeness (QED) is 0.306. The lowest BCUT2D eigenvalue weighted by Gasteiger charge is -2.11. The third-order valence-corrected chi connectivity index (χ3v) is 3.75. The highest BCUT2D eigenvalue weighted by Crippen LogP contribution is 2.35. The normalized spacial score (nSPS) is 10.1. The average molecular weight is 264 g/mol. The fraction of sp³-hybridized carbons (Fsp3) is 0.200. The van der Waals surface area contributed by atoms with Crippen LogP contribution < -0.4 is 0 Å². The van der Waals surface area contributed by atoms with Crippen molar-refractivity contribution in [3.63, 3.8) is 0 Å². The summed E-state index contributed by atoms with van der Waals surface area (Å²) in [6, 6.07) is 19.9. The van der Waals surface area contributed by atoms with E-state index in [1.54, 1.807) is 0 Å². The average Bonchev–Trinajstić information content (AvgIpc) is 2.38. The molecule has 0 bridgehead atoms. The van der Waals surface area contributed by atoms with Crippen LogP contribution in [0.15, 0.2) is 54.6 Å². The molecular formula is C20H24. The van der Waals surface area contributed by atoms with Gasteiger partial charge in [-0.1, -0.05) is 76.9 Å². The molecule has 0 saturated heterocycles. The zero-order valence-corrected chi connectivity index (χ0v) is 9.70. The van der Waals surface area contributed by atoms with E-state index < -0.39 is 0 Å². The zero-order valence-electron chi connectivity index (χ0n) is 9.70. The molecule has 0 heterocycles. The van der Waals surface area contributed by atoms with Crippen molar-refractivity contribution in [3.05, 3.63) is 60.2 Å². The highest BCUT2D eigenvalue weighted by atomic mass is 14.1. The van der Waals surface area contributed by atoms with Crippen molar-refractivity contribution in [1.82, 2.24) is 0 Å². The van der Waals surface area contributed by atoms with Crippen molar-refractivity contribution in [2.24, 2.45) is 0 Å². The molecule has 0 unspecified atom stereocenters. The van der Waals surface area contributed by atoms with E-state index in [4.69, 9.17) is 0 Å². The van der Waals surface area contributed by atoms with Crippen LogP contribution in [0, 0.1) is 6.92 Å². The molecule has 20 heavy (non-hydrogen) atoms. The Kier molecular flexibility index (Phi) is 4.39. The van der Waals surface area contributed by atoms with Gasteiger partial charge in [-0.05, 0) is 44.8 Å². The molecule has 0 fully saturated rings. The Morgan fingerprint density at radius 1 is 0.550 bits per heavy atom. The first kappa shape index (κ1) is 16.0. The van der Waals surface area contributed by atoms with E-state index >= 15 is 0 Å². The van der Waals surface area contributed by atoms with Crippen molar-refractivity contribution >= 4 is 32.3 Å². The molecule has 0 aliphatic carbocycles. The lowest BCUT2D eigenvalue weighted by molar-refractivity contribution is 1.55. The summed E-state index contributed by atoms with van der Waals surface area (Å²) >= 11 is 0. The second-order valence-electron chi connectivity index (χ2n) is 4.74. The van der Waals surface area contributed by atoms with E-state index in [1.807, 2.05) is 0 Å². The van der Waals surface area contributed by atoms with E-state index in [0.717, 1.165) is 0 Å². The molecule has 0 radical (unpaired) electrons. The standard InChI is InChI=1S/C17H12.3CH4/c1-11-5-6-14-8-7-12-3-2-4-13-9-10-15(11)17(14)16(12)13;;;/h2-10H,1H3;3*1H4. The van der Waals surface area contributed by atoms with Gasteiger partial charge in [-0.25, -0.2) is 0 Å². The highest BCUT2D eigenvalue weighted by Gasteiger charge is 2.08. The van der Waals surface area contributed by atoms with Crippen molar-refractivity contribution in [1.29, 1.82) is 0 Å². The maximum absolute atomic E-state index is 2.25. The van der Waals surface area contributed by atoms with Crippen LogP contribution in [0.5, 0.6) is 0 Å². The van der Waals surface area contributed by atoms with Crippen LogP contribution >= 0.6 is 0 Å². The molecule has 4 aromatic carbocycles. The summed E-state index contributed by atoms with van der Waals surface area (Å²) in [5.41, 5.74) is 1.36. The molecule has 0 aliphatic heterocycles. The predicted octanol–water partition coefficient (Wildman–Crippen LogP) is 6.80. The monoisotopic (exact) mass is 264 g/mol. The summed E-state index contributed by atoms with van der Waals surface area (Å²) in [6.07, 6.45) is 0. The van der Waals surface area contributed by atoms with Gasteiger partial charge in [-0.3, -0.25) is 0 Å². The minimum atomic E-state index is 0. The Bertz CT molecular complexity index is 824. The fourth-order valence-electron chi connectivity index (χ4n) is 2.88. The molecule has 0 amide bonds. The maximum Gasteiger partial charge on any atom is -0.00241 e. The summed E-state index contributed by atoms with van der Waals surface area (Å²) < 4.78 is 0. The number of benzene rings is 4. The van der Waals surface area contributed by atoms with Crippen molar-refractivity contribution in [2.75, 3.05) is 0 Å². The van der Waals surface area contributed by atoms with Crippen LogP contribution in [0.25, 0.3) is 32.3 Å². The predicted molar refractivity (Wildman–Crippen MR) is 95.1 cm³/mol. The Morgan fingerprint density at radius 3 is 1.70 bits per heavy atom. The van der Waals surface area contributed by atoms with Gasteiger partial charge in [0.1, 0.15) is 0 Å². The lowest BCUT2D eigenvalue weighted by Crippen LogP contribution is -1.85. The van der Waals surface area contributed by atoms with Crippen LogP contribution in [0.1, 0.15) is 27.8 Å². The number of aryl methyl sites for hydroxylation is 1. The van der Waals surface area contributed by atoms with E-state index in [2.05, 4.69) is 61.5 Å². The molecule has 0 nitrogen and oxygen atoms in total. The van der Waals surface area contributed by atoms with Gasteiger partial charge in [0.05, 0.1) is 0 Å². The zero-order chi connectivity index (χ0) is 11.4. The van der Waals surface area contributed by atoms with E-state index in [1.165, 1.54) is 37.9 Å². The molecule has 0 aromatic heterocycles. The molecule has 0 spiro atoms. The SMILES string of the molecule is C.C.C.Cc1ccc2ccc3cccc4ccc1c2c34. The third kappa shape index (κ3) is 1.92. The second kappa shape index (κ2) is 5.50. The van der Waals surface area contributed by atoms with Gasteiger partial charge in [0.2, 0.25) is 0 Å². The third-order valence-electron chi connectivity index (χ3n) is 3.75. The Hall–Kier alpha value is -2.08. The number of rotatable bonds is 0. The summed E-state index contributed by atoms with van der Waals surface area (Å²) in [7, 11) is 0. The smallest absolute Gasteiger partial charge is 0.00241 e. The van der Waals surface area contributed by atoms with Gasteiger partial charge in [-0.15, -0.1) is 0 Å². The first-order valence-electron chi connectivity index (χ1n) is 5.98. The van der Waals surface area contributed by atoms with Crippen LogP contribution in [0.2, 0.25) is 0 Å². The summed E-state index contributed by atoms with van der Waals surface area (Å²) in [5, 5.41) is 8.23. The number of hydrogen-bond donors (Lipinski definition) is 0. The van der Waals surface area contributed by atoms with Crippen LogP contribution in [-0.2, 0) is 0 Å². The van der Waals surface area contributed by atoms with Gasteiger partial charge in [0.15, 0.2) is 0 Å². The fourth-order valence-corrected chi connectivity index (χ4v) is 2.88. The molecule has 0 aliphatic rings. The van der Waals surface area contributed by atoms with E-state index in [0.29, 0.717) is 0 Å². The molecule has 104 valence electrons. The molecule has 4 aromatic rings. The van der Waals surface area contributed by atoms with Crippen molar-refractivity contribution < 1.29 is 0 Å². The molecule has 4 rings (SSSR count). The maximum atomic E-state index is 2.25. The Morgan fingerprint density at radius 2 is 1.05 bits per heavy atom. The summed E-state index contributed by atoms with van der Waals surface area (Å²) in [4.78, 5) is 0. The molecule has 0 atom stereocenters. The van der Waals surface area contributed by atoms with Crippen molar-refractivity contribution in [2.45, 2.75) is 29.2 Å². The largest absolute Gasteiger partial charge is 0.0776 e. The van der Waals surface area contributed by atoms with E-state index in [9.17, 15) is 0 Å². The summed E-state index contributed by atoms with van der Waals surface area (Å²) in [5.74, 6) is 0. The Labute approximate surface area is 122 Å². The molecule has 0 N–H and O–H groups in total. The van der Waals surface area contributed by atoms with Gasteiger partial charge >= 0.3 is 0 Å². The van der Waals surface area contributed by atoms with Crippen molar-refractivity contribution in [3.8, 4) is 0 Å². The summed E-state index contributed by atoms with van der Waals surface area (Å²) in [6.45, 7) is 2.19. The minimum Gasteiger partial charge on any atom is -0.0776 e. The van der Waals surface area contributed by atoms with Crippen LogP contribution in [-0.4, -0.2) is 0 Å². The minimum absolute atomic E-state index is 0. The van der Waals surface area contributed by atoms with Gasteiger partial charge in [0, 0.05) is 0 Å². The Balaban J connectivity index is 0.000000667. The van der Waals surface area contributed by atoms with Gasteiger partial charge < -0.3 is 0 Å². The van der Waals surface area contributed by atoms with E-state index in [-0.39, 0.29) is 22.3 Å². The first-order chi connectivity index (χ1) is 8.34. The molecular weight excluding hydrogens is 240 g/mol. The topological polar surface area (TPSA) is 0 Å². The molecule has 0 heteroatoms. The number of hydrogen-bond acceptors (Lipinski definition) is 0. The first-order valence-corrected chi connectivity index (χ1v) is 5.98. The van der Waals surface area contributed by atoms with Crippen LogP contribution in [0.4, 0.5) is 0 Å². The molecule has 0 saturated carbocycles. The highest BCUT2D eigenvalue weighted by molar-refractivity contribution is 6.23. The van der Waals surface area contributed by atoms with Crippen LogP contribution in [0.3, 0.4) is 0 Å². The van der Waals surface area contributed by atoms with Gasteiger partial charge in [0.25, 0.3) is 0 Å². The lowest BCUT2D eigenvalue weighted by atomic mass is 9.92. The van der Waals surface area contributed by atoms with Gasteiger partial charge in [-0.2, -0.15) is 0 Å².